The van der Waals surface area contributed by atoms with E-state index in [-0.39, 0.29) is 21.7 Å². The van der Waals surface area contributed by atoms with Crippen molar-refractivity contribution in [1.29, 1.82) is 0 Å². The summed E-state index contributed by atoms with van der Waals surface area (Å²) in [6.45, 7) is 1.94. The van der Waals surface area contributed by atoms with E-state index in [1.165, 1.54) is 19.2 Å². The van der Waals surface area contributed by atoms with Gasteiger partial charge in [-0.1, -0.05) is 6.92 Å². The summed E-state index contributed by atoms with van der Waals surface area (Å²) in [5, 5.41) is 9.13. The molecule has 0 amide bonds. The minimum Gasteiger partial charge on any atom is -0.496 e. The standard InChI is InChI=1S/C14H19NO5S/c1-3-14(7-4-8-14)15-21(18,19)10-5-6-12(20-2)11(9-10)13(16)17/h5-6,9,15H,3-4,7-8H2,1-2H3,(H,16,17). The Morgan fingerprint density at radius 3 is 2.52 bits per heavy atom. The third-order valence-corrected chi connectivity index (χ3v) is 5.63. The number of ether oxygens (including phenoxy) is 1. The largest absolute Gasteiger partial charge is 0.496 e. The van der Waals surface area contributed by atoms with Gasteiger partial charge >= 0.3 is 5.97 Å². The molecular weight excluding hydrogens is 294 g/mol. The van der Waals surface area contributed by atoms with E-state index in [0.29, 0.717) is 6.42 Å². The molecule has 1 aliphatic rings. The van der Waals surface area contributed by atoms with Gasteiger partial charge in [-0.3, -0.25) is 0 Å². The molecule has 1 fully saturated rings. The average Bonchev–Trinajstić information content (AvgIpc) is 2.42. The van der Waals surface area contributed by atoms with Gasteiger partial charge in [-0.05, 0) is 43.9 Å². The summed E-state index contributed by atoms with van der Waals surface area (Å²) in [5.74, 6) is -1.09. The molecule has 2 N–H and O–H groups in total. The molecule has 6 nitrogen and oxygen atoms in total. The van der Waals surface area contributed by atoms with Crippen molar-refractivity contribution in [3.8, 4) is 5.75 Å². The Morgan fingerprint density at radius 2 is 2.10 bits per heavy atom. The number of aromatic carboxylic acids is 1. The quantitative estimate of drug-likeness (QED) is 0.838. The number of benzene rings is 1. The summed E-state index contributed by atoms with van der Waals surface area (Å²) >= 11 is 0. The summed E-state index contributed by atoms with van der Waals surface area (Å²) < 4.78 is 32.5. The number of sulfonamides is 1. The minimum absolute atomic E-state index is 0.0552. The highest BCUT2D eigenvalue weighted by atomic mass is 32.2. The number of rotatable bonds is 6. The lowest BCUT2D eigenvalue weighted by atomic mass is 9.76. The fraction of sp³-hybridized carbons (Fsp3) is 0.500. The lowest BCUT2D eigenvalue weighted by molar-refractivity contribution is 0.0693. The van der Waals surface area contributed by atoms with Gasteiger partial charge in [-0.15, -0.1) is 0 Å². The van der Waals surface area contributed by atoms with Crippen LogP contribution < -0.4 is 9.46 Å². The van der Waals surface area contributed by atoms with Crippen molar-refractivity contribution in [3.05, 3.63) is 23.8 Å². The zero-order chi connectivity index (χ0) is 15.7. The lowest BCUT2D eigenvalue weighted by Gasteiger charge is -2.41. The van der Waals surface area contributed by atoms with Crippen molar-refractivity contribution >= 4 is 16.0 Å². The van der Waals surface area contributed by atoms with E-state index in [2.05, 4.69) is 4.72 Å². The fourth-order valence-electron chi connectivity index (χ4n) is 2.50. The monoisotopic (exact) mass is 313 g/mol. The van der Waals surface area contributed by atoms with E-state index in [4.69, 9.17) is 9.84 Å². The van der Waals surface area contributed by atoms with Gasteiger partial charge in [0, 0.05) is 5.54 Å². The molecule has 0 radical (unpaired) electrons. The highest BCUT2D eigenvalue weighted by Crippen LogP contribution is 2.36. The zero-order valence-corrected chi connectivity index (χ0v) is 12.9. The van der Waals surface area contributed by atoms with Crippen molar-refractivity contribution in [3.63, 3.8) is 0 Å². The van der Waals surface area contributed by atoms with E-state index in [9.17, 15) is 13.2 Å². The van der Waals surface area contributed by atoms with Crippen LogP contribution in [0.25, 0.3) is 0 Å². The Hall–Kier alpha value is -1.60. The maximum absolute atomic E-state index is 12.4. The van der Waals surface area contributed by atoms with Crippen molar-refractivity contribution in [1.82, 2.24) is 4.72 Å². The smallest absolute Gasteiger partial charge is 0.339 e. The lowest BCUT2D eigenvalue weighted by Crippen LogP contribution is -2.52. The van der Waals surface area contributed by atoms with Crippen LogP contribution in [-0.4, -0.2) is 32.1 Å². The van der Waals surface area contributed by atoms with Gasteiger partial charge in [-0.25, -0.2) is 17.9 Å². The highest BCUT2D eigenvalue weighted by molar-refractivity contribution is 7.89. The second-order valence-electron chi connectivity index (χ2n) is 5.26. The third-order valence-electron chi connectivity index (χ3n) is 4.05. The number of nitrogens with one attached hydrogen (secondary N) is 1. The van der Waals surface area contributed by atoms with E-state index >= 15 is 0 Å². The molecule has 1 saturated carbocycles. The van der Waals surface area contributed by atoms with Crippen LogP contribution in [0.4, 0.5) is 0 Å². The topological polar surface area (TPSA) is 92.7 Å². The SMILES string of the molecule is CCC1(NS(=O)(=O)c2ccc(OC)c(C(=O)O)c2)CCC1. The zero-order valence-electron chi connectivity index (χ0n) is 12.0. The molecule has 1 aliphatic carbocycles. The first-order chi connectivity index (χ1) is 9.83. The number of carboxylic acid groups (broad SMARTS) is 1. The second kappa shape index (κ2) is 5.65. The Kier molecular flexibility index (Phi) is 4.25. The van der Waals surface area contributed by atoms with Gasteiger partial charge in [-0.2, -0.15) is 0 Å². The number of methoxy groups -OCH3 is 1. The van der Waals surface area contributed by atoms with Gasteiger partial charge in [0.2, 0.25) is 10.0 Å². The maximum Gasteiger partial charge on any atom is 0.339 e. The van der Waals surface area contributed by atoms with Crippen LogP contribution in [0.15, 0.2) is 23.1 Å². The number of carboxylic acids is 1. The molecule has 21 heavy (non-hydrogen) atoms. The molecule has 7 heteroatoms. The maximum atomic E-state index is 12.4. The van der Waals surface area contributed by atoms with Gasteiger partial charge in [0.05, 0.1) is 12.0 Å². The first-order valence-electron chi connectivity index (χ1n) is 6.79. The van der Waals surface area contributed by atoms with Crippen molar-refractivity contribution < 1.29 is 23.1 Å². The van der Waals surface area contributed by atoms with Crippen LogP contribution >= 0.6 is 0 Å². The molecule has 116 valence electrons. The Bertz CT molecular complexity index is 644. The Labute approximate surface area is 124 Å². The number of hydrogen-bond acceptors (Lipinski definition) is 4. The third kappa shape index (κ3) is 3.03. The van der Waals surface area contributed by atoms with Gasteiger partial charge < -0.3 is 9.84 Å². The molecule has 0 atom stereocenters. The van der Waals surface area contributed by atoms with Crippen molar-refractivity contribution in [2.24, 2.45) is 0 Å². The van der Waals surface area contributed by atoms with E-state index in [1.54, 1.807) is 0 Å². The van der Waals surface area contributed by atoms with E-state index in [0.717, 1.165) is 25.3 Å². The molecular formula is C14H19NO5S. The molecule has 0 heterocycles. The van der Waals surface area contributed by atoms with Crippen LogP contribution in [0.5, 0.6) is 5.75 Å². The minimum atomic E-state index is -3.74. The predicted molar refractivity (Wildman–Crippen MR) is 77.1 cm³/mol. The molecule has 0 aromatic heterocycles. The average molecular weight is 313 g/mol. The molecule has 0 bridgehead atoms. The van der Waals surface area contributed by atoms with Crippen LogP contribution in [0.2, 0.25) is 0 Å². The highest BCUT2D eigenvalue weighted by Gasteiger charge is 2.39. The van der Waals surface area contributed by atoms with Gasteiger partial charge in [0.15, 0.2) is 0 Å². The molecule has 1 aromatic rings. The molecule has 0 unspecified atom stereocenters. The molecule has 0 spiro atoms. The molecule has 2 rings (SSSR count). The van der Waals surface area contributed by atoms with Gasteiger partial charge in [0.1, 0.15) is 11.3 Å². The Balaban J connectivity index is 2.36. The summed E-state index contributed by atoms with van der Waals surface area (Å²) in [6.07, 6.45) is 3.34. The van der Waals surface area contributed by atoms with Crippen LogP contribution in [0.1, 0.15) is 43.0 Å². The van der Waals surface area contributed by atoms with Crippen LogP contribution in [-0.2, 0) is 10.0 Å². The van der Waals surface area contributed by atoms with Crippen LogP contribution in [0, 0.1) is 0 Å². The second-order valence-corrected chi connectivity index (χ2v) is 6.94. The number of hydrogen-bond donors (Lipinski definition) is 2. The Morgan fingerprint density at radius 1 is 1.43 bits per heavy atom. The molecule has 0 aliphatic heterocycles. The predicted octanol–water partition coefficient (Wildman–Crippen LogP) is 2.00. The summed E-state index contributed by atoms with van der Waals surface area (Å²) in [7, 11) is -2.40. The van der Waals surface area contributed by atoms with Gasteiger partial charge in [0.25, 0.3) is 0 Å². The first-order valence-corrected chi connectivity index (χ1v) is 8.27. The first kappa shape index (κ1) is 15.8. The normalized spacial score (nSPS) is 17.0. The van der Waals surface area contributed by atoms with E-state index in [1.807, 2.05) is 6.92 Å². The molecule has 1 aromatic carbocycles. The van der Waals surface area contributed by atoms with E-state index < -0.39 is 16.0 Å². The summed E-state index contributed by atoms with van der Waals surface area (Å²) in [6, 6.07) is 3.85. The van der Waals surface area contributed by atoms with Crippen molar-refractivity contribution in [2.45, 2.75) is 43.0 Å². The molecule has 0 saturated heterocycles. The summed E-state index contributed by atoms with van der Waals surface area (Å²) in [5.41, 5.74) is -0.554. The summed E-state index contributed by atoms with van der Waals surface area (Å²) in [4.78, 5) is 11.1. The number of carbonyl (C=O) groups is 1. The fourth-order valence-corrected chi connectivity index (χ4v) is 4.05. The van der Waals surface area contributed by atoms with Crippen molar-refractivity contribution in [2.75, 3.05) is 7.11 Å². The van der Waals surface area contributed by atoms with Crippen LogP contribution in [0.3, 0.4) is 0 Å².